The third-order valence-electron chi connectivity index (χ3n) is 1.97. The number of amides is 2. The highest BCUT2D eigenvalue weighted by Gasteiger charge is 2.12. The summed E-state index contributed by atoms with van der Waals surface area (Å²) in [6.45, 7) is 0. The lowest BCUT2D eigenvalue weighted by atomic mass is 10.1. The molecule has 0 saturated carbocycles. The van der Waals surface area contributed by atoms with Gasteiger partial charge in [0.25, 0.3) is 0 Å². The van der Waals surface area contributed by atoms with Crippen LogP contribution in [0.3, 0.4) is 0 Å². The Morgan fingerprint density at radius 2 is 2.00 bits per heavy atom. The molecule has 0 aliphatic heterocycles. The molecule has 0 heterocycles. The number of benzene rings is 1. The Morgan fingerprint density at radius 3 is 2.40 bits per heavy atom. The minimum Gasteiger partial charge on any atom is -0.478 e. The molecule has 15 heavy (non-hydrogen) atoms. The average molecular weight is 209 g/mol. The Balaban J connectivity index is 3.13. The molecule has 1 aromatic rings. The first kappa shape index (κ1) is 10.8. The molecular formula is C9H11N3O3. The van der Waals surface area contributed by atoms with E-state index in [4.69, 9.17) is 16.6 Å². The van der Waals surface area contributed by atoms with Crippen molar-refractivity contribution in [2.45, 2.75) is 0 Å². The summed E-state index contributed by atoms with van der Waals surface area (Å²) in [4.78, 5) is 22.6. The summed E-state index contributed by atoms with van der Waals surface area (Å²) in [7, 11) is 1.45. The number of aromatic carboxylic acids is 1. The van der Waals surface area contributed by atoms with Crippen molar-refractivity contribution < 1.29 is 14.7 Å². The molecule has 0 spiro atoms. The number of carbonyl (C=O) groups excluding carboxylic acids is 1. The number of anilines is 2. The number of carboxylic acid groups (broad SMARTS) is 1. The van der Waals surface area contributed by atoms with Crippen LogP contribution in [0.2, 0.25) is 0 Å². The predicted molar refractivity (Wildman–Crippen MR) is 55.8 cm³/mol. The van der Waals surface area contributed by atoms with Crippen molar-refractivity contribution in [3.8, 4) is 0 Å². The molecule has 0 atom stereocenters. The molecule has 0 fully saturated rings. The number of carboxylic acids is 1. The standard InChI is InChI=1S/C9H11N3O3/c1-12(9(11)15)7-3-2-5(8(13)14)4-6(7)10/h2-4H,10H2,1H3,(H2,11,15)(H,13,14). The Morgan fingerprint density at radius 1 is 1.40 bits per heavy atom. The second kappa shape index (κ2) is 3.87. The third kappa shape index (κ3) is 2.16. The summed E-state index contributed by atoms with van der Waals surface area (Å²) >= 11 is 0. The van der Waals surface area contributed by atoms with Gasteiger partial charge in [-0.15, -0.1) is 0 Å². The zero-order chi connectivity index (χ0) is 11.6. The van der Waals surface area contributed by atoms with Crippen molar-refractivity contribution in [3.63, 3.8) is 0 Å². The van der Waals surface area contributed by atoms with Crippen LogP contribution in [0.15, 0.2) is 18.2 Å². The molecule has 0 unspecified atom stereocenters. The van der Waals surface area contributed by atoms with E-state index >= 15 is 0 Å². The Kier molecular flexibility index (Phi) is 2.80. The maximum atomic E-state index is 10.8. The van der Waals surface area contributed by atoms with Crippen molar-refractivity contribution in [3.05, 3.63) is 23.8 Å². The van der Waals surface area contributed by atoms with Crippen molar-refractivity contribution in [2.75, 3.05) is 17.7 Å². The molecule has 80 valence electrons. The fourth-order valence-corrected chi connectivity index (χ4v) is 1.11. The number of primary amides is 1. The Bertz CT molecular complexity index is 417. The van der Waals surface area contributed by atoms with Gasteiger partial charge in [0, 0.05) is 7.05 Å². The van der Waals surface area contributed by atoms with E-state index in [0.717, 1.165) is 4.90 Å². The number of nitrogens with two attached hydrogens (primary N) is 2. The van der Waals surface area contributed by atoms with Gasteiger partial charge in [-0.3, -0.25) is 4.90 Å². The maximum Gasteiger partial charge on any atom is 0.335 e. The fourth-order valence-electron chi connectivity index (χ4n) is 1.11. The quantitative estimate of drug-likeness (QED) is 0.615. The van der Waals surface area contributed by atoms with Gasteiger partial charge in [-0.25, -0.2) is 9.59 Å². The van der Waals surface area contributed by atoms with Gasteiger partial charge in [-0.1, -0.05) is 0 Å². The van der Waals surface area contributed by atoms with Gasteiger partial charge in [0.15, 0.2) is 0 Å². The highest BCUT2D eigenvalue weighted by Crippen LogP contribution is 2.23. The van der Waals surface area contributed by atoms with Gasteiger partial charge in [0.05, 0.1) is 16.9 Å². The third-order valence-corrected chi connectivity index (χ3v) is 1.97. The highest BCUT2D eigenvalue weighted by atomic mass is 16.4. The van der Waals surface area contributed by atoms with Crippen LogP contribution >= 0.6 is 0 Å². The van der Waals surface area contributed by atoms with Crippen LogP contribution in [0, 0.1) is 0 Å². The van der Waals surface area contributed by atoms with Crippen molar-refractivity contribution >= 4 is 23.4 Å². The zero-order valence-corrected chi connectivity index (χ0v) is 8.10. The average Bonchev–Trinajstić information content (AvgIpc) is 2.16. The van der Waals surface area contributed by atoms with E-state index in [1.54, 1.807) is 0 Å². The van der Waals surface area contributed by atoms with Crippen LogP contribution in [0.4, 0.5) is 16.2 Å². The van der Waals surface area contributed by atoms with E-state index in [2.05, 4.69) is 0 Å². The van der Waals surface area contributed by atoms with Gasteiger partial charge in [0.1, 0.15) is 0 Å². The Hall–Kier alpha value is -2.24. The predicted octanol–water partition coefficient (Wildman–Crippen LogP) is 0.482. The minimum absolute atomic E-state index is 0.0640. The van der Waals surface area contributed by atoms with E-state index in [-0.39, 0.29) is 11.3 Å². The number of hydrogen-bond acceptors (Lipinski definition) is 3. The second-order valence-electron chi connectivity index (χ2n) is 2.98. The van der Waals surface area contributed by atoms with Crippen molar-refractivity contribution in [2.24, 2.45) is 5.73 Å². The summed E-state index contributed by atoms with van der Waals surface area (Å²) in [5, 5.41) is 8.69. The van der Waals surface area contributed by atoms with E-state index in [9.17, 15) is 9.59 Å². The molecule has 0 radical (unpaired) electrons. The van der Waals surface area contributed by atoms with Crippen LogP contribution < -0.4 is 16.4 Å². The zero-order valence-electron chi connectivity index (χ0n) is 8.10. The number of nitrogen functional groups attached to an aromatic ring is 1. The van der Waals surface area contributed by atoms with Crippen LogP contribution in [0.5, 0.6) is 0 Å². The van der Waals surface area contributed by atoms with E-state index < -0.39 is 12.0 Å². The molecule has 5 N–H and O–H groups in total. The van der Waals surface area contributed by atoms with Crippen LogP contribution in [-0.2, 0) is 0 Å². The molecule has 6 nitrogen and oxygen atoms in total. The van der Waals surface area contributed by atoms with Crippen LogP contribution in [-0.4, -0.2) is 24.2 Å². The largest absolute Gasteiger partial charge is 0.478 e. The highest BCUT2D eigenvalue weighted by molar-refractivity contribution is 5.96. The molecule has 0 saturated heterocycles. The summed E-state index contributed by atoms with van der Waals surface area (Å²) in [6.07, 6.45) is 0. The minimum atomic E-state index is -1.07. The summed E-state index contributed by atoms with van der Waals surface area (Å²) in [5.41, 5.74) is 11.3. The molecule has 0 bridgehead atoms. The van der Waals surface area contributed by atoms with Gasteiger partial charge in [-0.2, -0.15) is 0 Å². The molecule has 2 amide bonds. The van der Waals surface area contributed by atoms with E-state index in [0.29, 0.717) is 5.69 Å². The lowest BCUT2D eigenvalue weighted by Gasteiger charge is -2.16. The van der Waals surface area contributed by atoms with Gasteiger partial charge < -0.3 is 16.6 Å². The summed E-state index contributed by atoms with van der Waals surface area (Å²) in [6, 6.07) is 3.40. The summed E-state index contributed by atoms with van der Waals surface area (Å²) in [5.74, 6) is -1.07. The smallest absolute Gasteiger partial charge is 0.335 e. The first-order chi connectivity index (χ1) is 6.93. The maximum absolute atomic E-state index is 10.8. The molecule has 1 aromatic carbocycles. The second-order valence-corrected chi connectivity index (χ2v) is 2.98. The first-order valence-electron chi connectivity index (χ1n) is 4.09. The molecule has 6 heteroatoms. The molecule has 0 aromatic heterocycles. The lowest BCUT2D eigenvalue weighted by molar-refractivity contribution is 0.0697. The first-order valence-corrected chi connectivity index (χ1v) is 4.09. The number of urea groups is 1. The topological polar surface area (TPSA) is 110 Å². The number of rotatable bonds is 2. The normalized spacial score (nSPS) is 9.67. The lowest BCUT2D eigenvalue weighted by Crippen LogP contribution is -2.32. The van der Waals surface area contributed by atoms with Crippen molar-refractivity contribution in [1.82, 2.24) is 0 Å². The van der Waals surface area contributed by atoms with Gasteiger partial charge >= 0.3 is 12.0 Å². The monoisotopic (exact) mass is 209 g/mol. The van der Waals surface area contributed by atoms with Gasteiger partial charge in [0.2, 0.25) is 0 Å². The van der Waals surface area contributed by atoms with Crippen LogP contribution in [0.25, 0.3) is 0 Å². The molecule has 0 aliphatic carbocycles. The molecule has 0 aliphatic rings. The number of carbonyl (C=O) groups is 2. The van der Waals surface area contributed by atoms with Crippen LogP contribution in [0.1, 0.15) is 10.4 Å². The Labute approximate surface area is 86.1 Å². The molecular weight excluding hydrogens is 198 g/mol. The van der Waals surface area contributed by atoms with Gasteiger partial charge in [-0.05, 0) is 18.2 Å². The van der Waals surface area contributed by atoms with E-state index in [1.807, 2.05) is 0 Å². The summed E-state index contributed by atoms with van der Waals surface area (Å²) < 4.78 is 0. The SMILES string of the molecule is CN(C(N)=O)c1ccc(C(=O)O)cc1N. The number of hydrogen-bond donors (Lipinski definition) is 3. The van der Waals surface area contributed by atoms with E-state index in [1.165, 1.54) is 25.2 Å². The number of nitrogens with zero attached hydrogens (tertiary/aromatic N) is 1. The van der Waals surface area contributed by atoms with Crippen molar-refractivity contribution in [1.29, 1.82) is 0 Å². The molecule has 1 rings (SSSR count). The fraction of sp³-hybridized carbons (Fsp3) is 0.111.